The third-order valence-corrected chi connectivity index (χ3v) is 3.44. The van der Waals surface area contributed by atoms with Crippen LogP contribution >= 0.6 is 81.4 Å². The van der Waals surface area contributed by atoms with E-state index in [1.54, 1.807) is 0 Å². The predicted octanol–water partition coefficient (Wildman–Crippen LogP) is 4.83. The molecule has 1 N–H and O–H groups in total. The highest BCUT2D eigenvalue weighted by Crippen LogP contribution is 2.47. The maximum atomic E-state index is 9.20. The van der Waals surface area contributed by atoms with Crippen molar-refractivity contribution >= 4 is 81.4 Å². The summed E-state index contributed by atoms with van der Waals surface area (Å²) in [5.74, 6) is -0.363. The van der Waals surface area contributed by atoms with Crippen LogP contribution in [-0.2, 0) is 0 Å². The van der Waals surface area contributed by atoms with Gasteiger partial charge in [0.1, 0.15) is 10.0 Å². The molecular weight excluding hydrogens is 328 g/mol. The van der Waals surface area contributed by atoms with E-state index in [0.717, 1.165) is 0 Å². The molecule has 1 atom stereocenters. The molecule has 8 heteroatoms. The first-order valence-electron chi connectivity index (χ1n) is 2.67. The minimum atomic E-state index is -0.363. The summed E-state index contributed by atoms with van der Waals surface area (Å²) in [6, 6.07) is 0. The van der Waals surface area contributed by atoms with Gasteiger partial charge in [0, 0.05) is 0 Å². The molecule has 82 valence electrons. The number of aromatic hydroxyl groups is 1. The molecule has 1 rings (SSSR count). The molecule has 0 fully saturated rings. The van der Waals surface area contributed by atoms with Crippen LogP contribution in [0, 0.1) is 0 Å². The molecule has 0 aromatic heterocycles. The van der Waals surface area contributed by atoms with Crippen LogP contribution < -0.4 is 0 Å². The summed E-state index contributed by atoms with van der Waals surface area (Å²) in [5.41, 5.74) is 0. The summed E-state index contributed by atoms with van der Waals surface area (Å²) in [4.78, 5) is 0. The second-order valence-electron chi connectivity index (χ2n) is 1.92. The minimum Gasteiger partial charge on any atom is -0.505 e. The summed E-state index contributed by atoms with van der Waals surface area (Å²) in [7, 11) is 0. The Balaban J connectivity index is 0. The lowest BCUT2D eigenvalue weighted by Gasteiger charge is -2.06. The van der Waals surface area contributed by atoms with Crippen molar-refractivity contribution in [2.45, 2.75) is 0 Å². The number of hydrogen-bond donors (Lipinski definition) is 1. The highest BCUT2D eigenvalue weighted by molar-refractivity contribution is 7.59. The van der Waals surface area contributed by atoms with Crippen LogP contribution in [0.15, 0.2) is 0 Å². The fourth-order valence-corrected chi connectivity index (χ4v) is 1.72. The van der Waals surface area contributed by atoms with E-state index in [-0.39, 0.29) is 54.3 Å². The lowest BCUT2D eigenvalue weighted by atomic mass is 10.3. The fourth-order valence-electron chi connectivity index (χ4n) is 0.593. The Morgan fingerprint density at radius 2 is 0.857 bits per heavy atom. The van der Waals surface area contributed by atoms with Gasteiger partial charge >= 0.3 is 0 Å². The molecule has 14 heavy (non-hydrogen) atoms. The molecule has 0 saturated carbocycles. The van der Waals surface area contributed by atoms with Crippen molar-refractivity contribution in [2.75, 3.05) is 0 Å². The third-order valence-electron chi connectivity index (χ3n) is 1.19. The number of phenols is 1. The first-order chi connectivity index (χ1) is 5.46. The van der Waals surface area contributed by atoms with E-state index in [9.17, 15) is 5.11 Å². The number of hydrogen-bond acceptors (Lipinski definition) is 1. The molecule has 0 saturated heterocycles. The molecule has 1 aromatic carbocycles. The number of benzene rings is 1. The summed E-state index contributed by atoms with van der Waals surface area (Å²) in [6.45, 7) is 0. The molecule has 1 unspecified atom stereocenters. The first kappa shape index (κ1) is 17.6. The SMILES string of the molecule is Oc1c(Cl)c(Cl)c(Cl)c(Cl)c1Cl.P.S. The zero-order chi connectivity index (χ0) is 9.46. The Labute approximate surface area is 117 Å². The van der Waals surface area contributed by atoms with Gasteiger partial charge < -0.3 is 5.11 Å². The lowest BCUT2D eigenvalue weighted by molar-refractivity contribution is 0.476. The third kappa shape index (κ3) is 3.12. The van der Waals surface area contributed by atoms with Gasteiger partial charge in [-0.25, -0.2) is 0 Å². The van der Waals surface area contributed by atoms with Crippen LogP contribution in [0.1, 0.15) is 0 Å². The van der Waals surface area contributed by atoms with Crippen molar-refractivity contribution in [3.63, 3.8) is 0 Å². The summed E-state index contributed by atoms with van der Waals surface area (Å²) >= 11 is 27.9. The molecule has 0 amide bonds. The maximum absolute atomic E-state index is 9.20. The highest BCUT2D eigenvalue weighted by atomic mass is 35.5. The van der Waals surface area contributed by atoms with Gasteiger partial charge in [0.05, 0.1) is 15.1 Å². The summed E-state index contributed by atoms with van der Waals surface area (Å²) in [5, 5.41) is 9.01. The molecule has 1 nitrogen and oxygen atoms in total. The standard InChI is InChI=1S/C6HCl5O.H3P.H2S/c7-1-2(8)4(10)6(12)5(11)3(1)9;;/h12H;1H3;1H2. The van der Waals surface area contributed by atoms with Crippen LogP contribution in [0.3, 0.4) is 0 Å². The van der Waals surface area contributed by atoms with Crippen LogP contribution in [0.25, 0.3) is 0 Å². The smallest absolute Gasteiger partial charge is 0.155 e. The molecule has 0 aliphatic heterocycles. The Bertz CT molecular complexity index is 240. The first-order valence-corrected chi connectivity index (χ1v) is 4.56. The van der Waals surface area contributed by atoms with Crippen LogP contribution in [0.4, 0.5) is 0 Å². The van der Waals surface area contributed by atoms with E-state index >= 15 is 0 Å². The number of halogens is 5. The second kappa shape index (κ2) is 6.75. The van der Waals surface area contributed by atoms with Crippen molar-refractivity contribution in [3.8, 4) is 5.75 Å². The van der Waals surface area contributed by atoms with E-state index in [2.05, 4.69) is 0 Å². The average Bonchev–Trinajstić information content (AvgIpc) is 2.08. The van der Waals surface area contributed by atoms with E-state index in [1.165, 1.54) is 0 Å². The van der Waals surface area contributed by atoms with Gasteiger partial charge in [-0.15, -0.1) is 0 Å². The van der Waals surface area contributed by atoms with E-state index < -0.39 is 0 Å². The number of phenolic OH excluding ortho intramolecular Hbond substituents is 1. The van der Waals surface area contributed by atoms with Gasteiger partial charge in [-0.1, -0.05) is 58.0 Å². The van der Waals surface area contributed by atoms with Crippen molar-refractivity contribution < 1.29 is 5.11 Å². The quantitative estimate of drug-likeness (QED) is 0.409. The largest absolute Gasteiger partial charge is 0.505 e. The molecule has 0 radical (unpaired) electrons. The van der Waals surface area contributed by atoms with E-state index in [1.807, 2.05) is 0 Å². The van der Waals surface area contributed by atoms with Gasteiger partial charge in [-0.3, -0.25) is 0 Å². The van der Waals surface area contributed by atoms with Gasteiger partial charge in [0.15, 0.2) is 5.75 Å². The van der Waals surface area contributed by atoms with Crippen molar-refractivity contribution in [2.24, 2.45) is 0 Å². The van der Waals surface area contributed by atoms with Gasteiger partial charge in [0.2, 0.25) is 0 Å². The zero-order valence-corrected chi connectivity index (χ0v) is 12.7. The normalized spacial score (nSPS) is 8.93. The topological polar surface area (TPSA) is 20.2 Å². The molecule has 0 aliphatic rings. The average molecular weight is 334 g/mol. The minimum absolute atomic E-state index is 0. The van der Waals surface area contributed by atoms with Gasteiger partial charge in [-0.05, 0) is 0 Å². The van der Waals surface area contributed by atoms with Crippen molar-refractivity contribution in [1.82, 2.24) is 0 Å². The maximum Gasteiger partial charge on any atom is 0.155 e. The number of rotatable bonds is 0. The molecule has 0 heterocycles. The fraction of sp³-hybridized carbons (Fsp3) is 0. The van der Waals surface area contributed by atoms with Gasteiger partial charge in [0.25, 0.3) is 0 Å². The predicted molar refractivity (Wildman–Crippen MR) is 74.6 cm³/mol. The molecule has 0 aliphatic carbocycles. The van der Waals surface area contributed by atoms with Crippen molar-refractivity contribution in [1.29, 1.82) is 0 Å². The summed E-state index contributed by atoms with van der Waals surface area (Å²) in [6.07, 6.45) is 0. The molecule has 0 bridgehead atoms. The van der Waals surface area contributed by atoms with Crippen LogP contribution in [0.5, 0.6) is 5.75 Å². The van der Waals surface area contributed by atoms with Crippen LogP contribution in [-0.4, -0.2) is 5.11 Å². The Morgan fingerprint density at radius 3 is 1.14 bits per heavy atom. The Kier molecular flexibility index (Phi) is 8.51. The van der Waals surface area contributed by atoms with Crippen molar-refractivity contribution in [3.05, 3.63) is 25.1 Å². The zero-order valence-electron chi connectivity index (χ0n) is 6.54. The molecule has 1 aromatic rings. The summed E-state index contributed by atoms with van der Waals surface area (Å²) < 4.78 is 0. The monoisotopic (exact) mass is 332 g/mol. The lowest BCUT2D eigenvalue weighted by Crippen LogP contribution is -1.78. The highest BCUT2D eigenvalue weighted by Gasteiger charge is 2.17. The van der Waals surface area contributed by atoms with E-state index in [0.29, 0.717) is 0 Å². The van der Waals surface area contributed by atoms with Gasteiger partial charge in [-0.2, -0.15) is 23.4 Å². The molecule has 0 spiro atoms. The second-order valence-corrected chi connectivity index (χ2v) is 3.81. The van der Waals surface area contributed by atoms with Crippen LogP contribution in [0.2, 0.25) is 25.1 Å². The molecular formula is C6H6Cl5OPS. The Morgan fingerprint density at radius 1 is 0.643 bits per heavy atom. The Hall–Kier alpha value is 1.25. The van der Waals surface area contributed by atoms with E-state index in [4.69, 9.17) is 58.0 Å².